The number of hydrogen-bond donors (Lipinski definition) is 1. The number of hydrazone groups is 1. The normalized spacial score (nSPS) is 16.4. The summed E-state index contributed by atoms with van der Waals surface area (Å²) in [4.78, 5) is 15.4. The fourth-order valence-electron chi connectivity index (χ4n) is 3.68. The Morgan fingerprint density at radius 1 is 1.07 bits per heavy atom. The third kappa shape index (κ3) is 3.22. The highest BCUT2D eigenvalue weighted by molar-refractivity contribution is 6.04. The number of pyridine rings is 1. The molecule has 0 radical (unpaired) electrons. The van der Waals surface area contributed by atoms with Crippen molar-refractivity contribution in [2.45, 2.75) is 26.3 Å². The summed E-state index contributed by atoms with van der Waals surface area (Å²) in [6, 6.07) is 14.0. The lowest BCUT2D eigenvalue weighted by Gasteiger charge is -2.24. The second-order valence-corrected chi connectivity index (χ2v) is 6.95. The zero-order valence-electron chi connectivity index (χ0n) is 15.5. The van der Waals surface area contributed by atoms with Gasteiger partial charge < -0.3 is 4.98 Å². The number of aromatic nitrogens is 1. The van der Waals surface area contributed by atoms with E-state index in [-0.39, 0.29) is 17.4 Å². The number of halogens is 2. The number of benzene rings is 2. The molecule has 1 aliphatic rings. The zero-order chi connectivity index (χ0) is 19.8. The summed E-state index contributed by atoms with van der Waals surface area (Å²) in [5.74, 6) is -0.750. The lowest BCUT2D eigenvalue weighted by molar-refractivity contribution is 0.603. The van der Waals surface area contributed by atoms with Crippen molar-refractivity contribution >= 4 is 11.4 Å². The lowest BCUT2D eigenvalue weighted by Crippen LogP contribution is -2.20. The van der Waals surface area contributed by atoms with E-state index >= 15 is 0 Å². The molecule has 0 aliphatic carbocycles. The minimum absolute atomic E-state index is 0.218. The van der Waals surface area contributed by atoms with Crippen LogP contribution >= 0.6 is 0 Å². The van der Waals surface area contributed by atoms with Crippen molar-refractivity contribution in [3.63, 3.8) is 0 Å². The van der Waals surface area contributed by atoms with Crippen molar-refractivity contribution in [1.29, 1.82) is 0 Å². The molecule has 28 heavy (non-hydrogen) atoms. The van der Waals surface area contributed by atoms with Crippen molar-refractivity contribution in [2.24, 2.45) is 5.10 Å². The quantitative estimate of drug-likeness (QED) is 0.722. The van der Waals surface area contributed by atoms with E-state index in [0.29, 0.717) is 23.4 Å². The van der Waals surface area contributed by atoms with Gasteiger partial charge in [-0.3, -0.25) is 9.80 Å². The highest BCUT2D eigenvalue weighted by atomic mass is 19.1. The van der Waals surface area contributed by atoms with E-state index in [2.05, 4.69) is 10.1 Å². The van der Waals surface area contributed by atoms with Crippen LogP contribution in [0.2, 0.25) is 0 Å². The summed E-state index contributed by atoms with van der Waals surface area (Å²) in [6.45, 7) is 3.68. The van der Waals surface area contributed by atoms with Crippen LogP contribution in [0.25, 0.3) is 0 Å². The summed E-state index contributed by atoms with van der Waals surface area (Å²) < 4.78 is 27.9. The van der Waals surface area contributed by atoms with Gasteiger partial charge in [0.15, 0.2) is 0 Å². The van der Waals surface area contributed by atoms with Gasteiger partial charge in [0.1, 0.15) is 11.6 Å². The van der Waals surface area contributed by atoms with Crippen LogP contribution in [0.15, 0.2) is 64.5 Å². The molecule has 0 spiro atoms. The summed E-state index contributed by atoms with van der Waals surface area (Å²) in [6.07, 6.45) is 0.410. The fourth-order valence-corrected chi connectivity index (χ4v) is 3.68. The van der Waals surface area contributed by atoms with Crippen LogP contribution in [0.3, 0.4) is 0 Å². The summed E-state index contributed by atoms with van der Waals surface area (Å²) in [5, 5.41) is 6.20. The molecule has 0 fully saturated rings. The standard InChI is InChI=1S/C22H19F2N3O/c1-13-11-14(2)25-22(28)21(13)18-12-20(15-7-9-16(23)10-8-15)27(26-18)19-6-4-3-5-17(19)24/h3-11,20H,12H2,1-2H3,(H,25,28)/t20-/m1/s1. The lowest BCUT2D eigenvalue weighted by atomic mass is 9.96. The van der Waals surface area contributed by atoms with Gasteiger partial charge in [0.25, 0.3) is 5.56 Å². The number of hydrogen-bond acceptors (Lipinski definition) is 3. The van der Waals surface area contributed by atoms with E-state index in [1.54, 1.807) is 35.3 Å². The van der Waals surface area contributed by atoms with Gasteiger partial charge in [-0.05, 0) is 55.3 Å². The van der Waals surface area contributed by atoms with Crippen molar-refractivity contribution in [3.8, 4) is 0 Å². The number of aryl methyl sites for hydroxylation is 2. The van der Waals surface area contributed by atoms with Crippen molar-refractivity contribution < 1.29 is 8.78 Å². The van der Waals surface area contributed by atoms with E-state index in [9.17, 15) is 13.6 Å². The Bertz CT molecular complexity index is 1120. The molecule has 0 saturated heterocycles. The summed E-state index contributed by atoms with van der Waals surface area (Å²) >= 11 is 0. The Balaban J connectivity index is 1.84. The summed E-state index contributed by atoms with van der Waals surface area (Å²) in [5.41, 5.74) is 3.55. The molecule has 1 atom stereocenters. The molecule has 1 aromatic heterocycles. The molecule has 142 valence electrons. The first-order valence-electron chi connectivity index (χ1n) is 9.01. The highest BCUT2D eigenvalue weighted by Gasteiger charge is 2.32. The molecule has 4 nitrogen and oxygen atoms in total. The van der Waals surface area contributed by atoms with E-state index in [1.807, 2.05) is 19.9 Å². The van der Waals surface area contributed by atoms with Crippen LogP contribution in [-0.2, 0) is 0 Å². The van der Waals surface area contributed by atoms with Crippen molar-refractivity contribution in [1.82, 2.24) is 4.98 Å². The SMILES string of the molecule is Cc1cc(C)c(C2=NN(c3ccccc3F)[C@@H](c3ccc(F)cc3)C2)c(=O)[nH]1. The van der Waals surface area contributed by atoms with Crippen LogP contribution in [0.5, 0.6) is 0 Å². The van der Waals surface area contributed by atoms with E-state index in [0.717, 1.165) is 16.8 Å². The molecule has 4 rings (SSSR count). The van der Waals surface area contributed by atoms with Gasteiger partial charge in [-0.25, -0.2) is 8.78 Å². The number of aromatic amines is 1. The maximum absolute atomic E-state index is 14.5. The smallest absolute Gasteiger partial charge is 0.257 e. The third-order valence-corrected chi connectivity index (χ3v) is 4.92. The van der Waals surface area contributed by atoms with Crippen molar-refractivity contribution in [2.75, 3.05) is 5.01 Å². The van der Waals surface area contributed by atoms with Gasteiger partial charge in [0.2, 0.25) is 0 Å². The summed E-state index contributed by atoms with van der Waals surface area (Å²) in [7, 11) is 0. The molecular weight excluding hydrogens is 360 g/mol. The topological polar surface area (TPSA) is 48.5 Å². The second kappa shape index (κ2) is 7.03. The van der Waals surface area contributed by atoms with Crippen LogP contribution in [0.1, 0.15) is 34.8 Å². The van der Waals surface area contributed by atoms with Crippen molar-refractivity contribution in [3.05, 3.63) is 99.0 Å². The Morgan fingerprint density at radius 2 is 1.79 bits per heavy atom. The Hall–Kier alpha value is -3.28. The number of para-hydroxylation sites is 1. The fraction of sp³-hybridized carbons (Fsp3) is 0.182. The van der Waals surface area contributed by atoms with Gasteiger partial charge in [0, 0.05) is 12.1 Å². The molecule has 1 aliphatic heterocycles. The van der Waals surface area contributed by atoms with Gasteiger partial charge in [-0.2, -0.15) is 5.10 Å². The third-order valence-electron chi connectivity index (χ3n) is 4.92. The van der Waals surface area contributed by atoms with E-state index in [4.69, 9.17) is 0 Å². The minimum Gasteiger partial charge on any atom is -0.326 e. The van der Waals surface area contributed by atoms with Gasteiger partial charge in [-0.15, -0.1) is 0 Å². The highest BCUT2D eigenvalue weighted by Crippen LogP contribution is 2.37. The van der Waals surface area contributed by atoms with E-state index in [1.165, 1.54) is 18.2 Å². The molecule has 0 saturated carbocycles. The Kier molecular flexibility index (Phi) is 4.55. The first kappa shape index (κ1) is 18.1. The molecular formula is C22H19F2N3O. The number of nitrogens with one attached hydrogen (secondary N) is 1. The molecule has 1 N–H and O–H groups in total. The number of anilines is 1. The molecule has 2 heterocycles. The van der Waals surface area contributed by atoms with Gasteiger partial charge in [-0.1, -0.05) is 24.3 Å². The zero-order valence-corrected chi connectivity index (χ0v) is 15.5. The van der Waals surface area contributed by atoms with Crippen LogP contribution in [0.4, 0.5) is 14.5 Å². The monoisotopic (exact) mass is 379 g/mol. The molecule has 6 heteroatoms. The van der Waals surface area contributed by atoms with Crippen LogP contribution in [-0.4, -0.2) is 10.7 Å². The molecule has 3 aromatic rings. The number of H-pyrrole nitrogens is 1. The molecule has 0 bridgehead atoms. The predicted octanol–water partition coefficient (Wildman–Crippen LogP) is 4.63. The second-order valence-electron chi connectivity index (χ2n) is 6.95. The first-order chi connectivity index (χ1) is 13.4. The Morgan fingerprint density at radius 3 is 2.46 bits per heavy atom. The predicted molar refractivity (Wildman–Crippen MR) is 106 cm³/mol. The Labute approximate surface area is 161 Å². The number of rotatable bonds is 3. The van der Waals surface area contributed by atoms with Crippen LogP contribution in [0, 0.1) is 25.5 Å². The van der Waals surface area contributed by atoms with Gasteiger partial charge in [0.05, 0.1) is 23.0 Å². The molecule has 0 amide bonds. The molecule has 0 unspecified atom stereocenters. The average Bonchev–Trinajstić information content (AvgIpc) is 3.06. The average molecular weight is 379 g/mol. The maximum atomic E-state index is 14.5. The van der Waals surface area contributed by atoms with Crippen LogP contribution < -0.4 is 10.6 Å². The maximum Gasteiger partial charge on any atom is 0.257 e. The molecule has 2 aromatic carbocycles. The van der Waals surface area contributed by atoms with Gasteiger partial charge >= 0.3 is 0 Å². The number of nitrogens with zero attached hydrogens (tertiary/aromatic N) is 2. The minimum atomic E-state index is -0.408. The van der Waals surface area contributed by atoms with E-state index < -0.39 is 5.82 Å². The first-order valence-corrected chi connectivity index (χ1v) is 9.01. The largest absolute Gasteiger partial charge is 0.326 e.